The normalized spacial score (nSPS) is 14.0. The summed E-state index contributed by atoms with van der Waals surface area (Å²) in [5, 5.41) is 3.16. The summed E-state index contributed by atoms with van der Waals surface area (Å²) in [5.41, 5.74) is 1.01. The van der Waals surface area contributed by atoms with E-state index >= 15 is 0 Å². The molecule has 1 N–H and O–H groups in total. The van der Waals surface area contributed by atoms with E-state index in [1.807, 2.05) is 0 Å². The molecule has 0 saturated carbocycles. The summed E-state index contributed by atoms with van der Waals surface area (Å²) in [4.78, 5) is 39.9. The standard InChI is InChI=1S/C20H20ClN3O5/c1-28-16-9-14(10-17(11-16)29-2)22-18(25)12-23-6-7-24(20(27)19(23)26)15-5-3-4-13(21)8-15/h3-5,8-11H,6-7,12H2,1-2H3,(H,22,25). The molecule has 1 aliphatic heterocycles. The Labute approximate surface area is 172 Å². The van der Waals surface area contributed by atoms with Crippen molar-refractivity contribution in [2.75, 3.05) is 44.1 Å². The third-order valence-corrected chi connectivity index (χ3v) is 4.63. The van der Waals surface area contributed by atoms with Crippen LogP contribution < -0.4 is 19.7 Å². The summed E-state index contributed by atoms with van der Waals surface area (Å²) < 4.78 is 10.3. The second-order valence-electron chi connectivity index (χ2n) is 6.31. The maximum atomic E-state index is 12.5. The molecular weight excluding hydrogens is 398 g/mol. The van der Waals surface area contributed by atoms with Crippen molar-refractivity contribution in [3.63, 3.8) is 0 Å². The predicted octanol–water partition coefficient (Wildman–Crippen LogP) is 2.17. The molecule has 2 aromatic rings. The van der Waals surface area contributed by atoms with Gasteiger partial charge in [-0.1, -0.05) is 17.7 Å². The zero-order chi connectivity index (χ0) is 21.0. The molecule has 29 heavy (non-hydrogen) atoms. The quantitative estimate of drug-likeness (QED) is 0.728. The fraction of sp³-hybridized carbons (Fsp3) is 0.250. The molecule has 9 heteroatoms. The van der Waals surface area contributed by atoms with Gasteiger partial charge in [-0.05, 0) is 18.2 Å². The van der Waals surface area contributed by atoms with E-state index in [-0.39, 0.29) is 19.6 Å². The smallest absolute Gasteiger partial charge is 0.316 e. The van der Waals surface area contributed by atoms with Gasteiger partial charge in [-0.3, -0.25) is 14.4 Å². The van der Waals surface area contributed by atoms with Crippen LogP contribution >= 0.6 is 11.6 Å². The summed E-state index contributed by atoms with van der Waals surface area (Å²) >= 11 is 5.96. The second-order valence-corrected chi connectivity index (χ2v) is 6.75. The minimum atomic E-state index is -0.741. The summed E-state index contributed by atoms with van der Waals surface area (Å²) in [6, 6.07) is 11.6. The van der Waals surface area contributed by atoms with Gasteiger partial charge in [0.1, 0.15) is 18.0 Å². The highest BCUT2D eigenvalue weighted by Gasteiger charge is 2.34. The molecular formula is C20H20ClN3O5. The molecule has 3 rings (SSSR count). The molecule has 0 radical (unpaired) electrons. The van der Waals surface area contributed by atoms with Crippen molar-refractivity contribution in [2.24, 2.45) is 0 Å². The Kier molecular flexibility index (Phi) is 6.23. The van der Waals surface area contributed by atoms with E-state index in [9.17, 15) is 14.4 Å². The van der Waals surface area contributed by atoms with E-state index < -0.39 is 17.7 Å². The van der Waals surface area contributed by atoms with Crippen LogP contribution in [0.15, 0.2) is 42.5 Å². The highest BCUT2D eigenvalue weighted by molar-refractivity contribution is 6.41. The topological polar surface area (TPSA) is 88.2 Å². The van der Waals surface area contributed by atoms with Crippen LogP contribution in [0.5, 0.6) is 11.5 Å². The third kappa shape index (κ3) is 4.78. The van der Waals surface area contributed by atoms with Crippen molar-refractivity contribution in [3.8, 4) is 11.5 Å². The van der Waals surface area contributed by atoms with Crippen LogP contribution in [0, 0.1) is 0 Å². The van der Waals surface area contributed by atoms with Gasteiger partial charge in [-0.15, -0.1) is 0 Å². The van der Waals surface area contributed by atoms with Crippen molar-refractivity contribution < 1.29 is 23.9 Å². The lowest BCUT2D eigenvalue weighted by Gasteiger charge is -2.33. The molecule has 1 aliphatic rings. The Bertz CT molecular complexity index is 927. The first kappa shape index (κ1) is 20.5. The van der Waals surface area contributed by atoms with Gasteiger partial charge in [0.25, 0.3) is 0 Å². The van der Waals surface area contributed by atoms with E-state index in [0.717, 1.165) is 0 Å². The van der Waals surface area contributed by atoms with Gasteiger partial charge in [0.2, 0.25) is 5.91 Å². The average Bonchev–Trinajstić information content (AvgIpc) is 2.71. The van der Waals surface area contributed by atoms with E-state index in [0.29, 0.717) is 27.9 Å². The number of anilines is 2. The van der Waals surface area contributed by atoms with Gasteiger partial charge in [-0.25, -0.2) is 0 Å². The number of amides is 3. The fourth-order valence-corrected chi connectivity index (χ4v) is 3.15. The first-order chi connectivity index (χ1) is 13.9. The maximum absolute atomic E-state index is 12.5. The molecule has 1 fully saturated rings. The lowest BCUT2D eigenvalue weighted by Crippen LogP contribution is -2.56. The monoisotopic (exact) mass is 417 g/mol. The van der Waals surface area contributed by atoms with Crippen molar-refractivity contribution in [3.05, 3.63) is 47.5 Å². The number of nitrogens with zero attached hydrogens (tertiary/aromatic N) is 2. The molecule has 1 saturated heterocycles. The maximum Gasteiger partial charge on any atom is 0.316 e. The van der Waals surface area contributed by atoms with Crippen LogP contribution in [0.3, 0.4) is 0 Å². The zero-order valence-corrected chi connectivity index (χ0v) is 16.7. The highest BCUT2D eigenvalue weighted by Crippen LogP contribution is 2.26. The van der Waals surface area contributed by atoms with Gasteiger partial charge in [0, 0.05) is 47.7 Å². The number of ether oxygens (including phenoxy) is 2. The van der Waals surface area contributed by atoms with Gasteiger partial charge in [0.15, 0.2) is 0 Å². The Balaban J connectivity index is 1.65. The lowest BCUT2D eigenvalue weighted by atomic mass is 10.2. The molecule has 1 heterocycles. The Morgan fingerprint density at radius 2 is 1.72 bits per heavy atom. The molecule has 152 valence electrons. The van der Waals surface area contributed by atoms with Crippen molar-refractivity contribution in [1.82, 2.24) is 4.90 Å². The number of hydrogen-bond donors (Lipinski definition) is 1. The lowest BCUT2D eigenvalue weighted by molar-refractivity contribution is -0.147. The number of piperazine rings is 1. The Morgan fingerprint density at radius 3 is 2.34 bits per heavy atom. The van der Waals surface area contributed by atoms with Gasteiger partial charge < -0.3 is 24.6 Å². The first-order valence-electron chi connectivity index (χ1n) is 8.80. The number of carbonyl (C=O) groups is 3. The molecule has 8 nitrogen and oxygen atoms in total. The molecule has 2 aromatic carbocycles. The third-order valence-electron chi connectivity index (χ3n) is 4.40. The number of methoxy groups -OCH3 is 2. The number of nitrogens with one attached hydrogen (secondary N) is 1. The molecule has 0 atom stereocenters. The minimum Gasteiger partial charge on any atom is -0.497 e. The first-order valence-corrected chi connectivity index (χ1v) is 9.18. The summed E-state index contributed by atoms with van der Waals surface area (Å²) in [5.74, 6) is -0.844. The van der Waals surface area contributed by atoms with E-state index in [1.54, 1.807) is 42.5 Å². The van der Waals surface area contributed by atoms with Crippen LogP contribution in [-0.2, 0) is 14.4 Å². The van der Waals surface area contributed by atoms with Gasteiger partial charge >= 0.3 is 11.8 Å². The second kappa shape index (κ2) is 8.83. The van der Waals surface area contributed by atoms with E-state index in [2.05, 4.69) is 5.32 Å². The highest BCUT2D eigenvalue weighted by atomic mass is 35.5. The molecule has 3 amide bonds. The average molecular weight is 418 g/mol. The van der Waals surface area contributed by atoms with Crippen molar-refractivity contribution in [2.45, 2.75) is 0 Å². The minimum absolute atomic E-state index is 0.228. The van der Waals surface area contributed by atoms with Crippen LogP contribution in [0.2, 0.25) is 5.02 Å². The summed E-state index contributed by atoms with van der Waals surface area (Å²) in [6.07, 6.45) is 0. The van der Waals surface area contributed by atoms with Crippen LogP contribution in [0.1, 0.15) is 0 Å². The SMILES string of the molecule is COc1cc(NC(=O)CN2CCN(c3cccc(Cl)c3)C(=O)C2=O)cc(OC)c1. The van der Waals surface area contributed by atoms with Gasteiger partial charge in [0.05, 0.1) is 14.2 Å². The number of rotatable bonds is 6. The van der Waals surface area contributed by atoms with Crippen molar-refractivity contribution >= 4 is 40.7 Å². The van der Waals surface area contributed by atoms with Crippen LogP contribution in [0.4, 0.5) is 11.4 Å². The number of halogens is 1. The Hall–Kier alpha value is -3.26. The molecule has 0 unspecified atom stereocenters. The van der Waals surface area contributed by atoms with Crippen LogP contribution in [0.25, 0.3) is 0 Å². The van der Waals surface area contributed by atoms with Crippen LogP contribution in [-0.4, -0.2) is 56.5 Å². The largest absolute Gasteiger partial charge is 0.497 e. The zero-order valence-electron chi connectivity index (χ0n) is 16.0. The molecule has 0 bridgehead atoms. The molecule has 0 aromatic heterocycles. The summed E-state index contributed by atoms with van der Waals surface area (Å²) in [6.45, 7) is 0.255. The fourth-order valence-electron chi connectivity index (χ4n) is 2.97. The Morgan fingerprint density at radius 1 is 1.03 bits per heavy atom. The predicted molar refractivity (Wildman–Crippen MR) is 109 cm³/mol. The molecule has 0 aliphatic carbocycles. The number of benzene rings is 2. The van der Waals surface area contributed by atoms with Crippen molar-refractivity contribution in [1.29, 1.82) is 0 Å². The van der Waals surface area contributed by atoms with E-state index in [4.69, 9.17) is 21.1 Å². The summed E-state index contributed by atoms with van der Waals surface area (Å²) in [7, 11) is 3.01. The number of hydrogen-bond acceptors (Lipinski definition) is 5. The number of carbonyl (C=O) groups excluding carboxylic acids is 3. The van der Waals surface area contributed by atoms with Gasteiger partial charge in [-0.2, -0.15) is 0 Å². The van der Waals surface area contributed by atoms with E-state index in [1.165, 1.54) is 24.0 Å². The molecule has 0 spiro atoms.